The third-order valence-electron chi connectivity index (χ3n) is 4.60. The van der Waals surface area contributed by atoms with Crippen molar-refractivity contribution in [3.63, 3.8) is 0 Å². The molecule has 0 bridgehead atoms. The average molecular weight is 413 g/mol. The Morgan fingerprint density at radius 3 is 2.63 bits per heavy atom. The lowest BCUT2D eigenvalue weighted by Gasteiger charge is -2.13. The maximum Gasteiger partial charge on any atom is 0.262 e. The van der Waals surface area contributed by atoms with Crippen LogP contribution < -0.4 is 15.4 Å². The molecule has 0 saturated heterocycles. The number of aryl methyl sites for hydroxylation is 1. The highest BCUT2D eigenvalue weighted by atomic mass is 16.5. The van der Waals surface area contributed by atoms with Gasteiger partial charge >= 0.3 is 0 Å². The van der Waals surface area contributed by atoms with Crippen LogP contribution in [0.4, 0.5) is 5.69 Å². The fourth-order valence-corrected chi connectivity index (χ4v) is 2.83. The lowest BCUT2D eigenvalue weighted by atomic mass is 10.0. The van der Waals surface area contributed by atoms with Gasteiger partial charge in [0.15, 0.2) is 6.61 Å². The highest BCUT2D eigenvalue weighted by Crippen LogP contribution is 2.24. The maximum atomic E-state index is 12.3. The van der Waals surface area contributed by atoms with E-state index in [9.17, 15) is 9.59 Å². The van der Waals surface area contributed by atoms with Crippen LogP contribution in [-0.2, 0) is 9.53 Å². The molecule has 2 N–H and O–H groups in total. The van der Waals surface area contributed by atoms with Gasteiger partial charge in [-0.1, -0.05) is 32.0 Å². The summed E-state index contributed by atoms with van der Waals surface area (Å²) in [6, 6.07) is 12.9. The first-order valence-corrected chi connectivity index (χ1v) is 10.4. The van der Waals surface area contributed by atoms with Crippen molar-refractivity contribution < 1.29 is 19.1 Å². The van der Waals surface area contributed by atoms with Gasteiger partial charge in [0.05, 0.1) is 0 Å². The molecule has 2 aromatic rings. The molecule has 0 aromatic heterocycles. The third kappa shape index (κ3) is 7.52. The number of hydrogen-bond acceptors (Lipinski definition) is 4. The lowest BCUT2D eigenvalue weighted by Crippen LogP contribution is -2.25. The van der Waals surface area contributed by atoms with Gasteiger partial charge in [0, 0.05) is 31.0 Å². The molecule has 2 aromatic carbocycles. The molecule has 6 nitrogen and oxygen atoms in total. The van der Waals surface area contributed by atoms with Crippen molar-refractivity contribution in [1.82, 2.24) is 5.32 Å². The number of anilines is 1. The second-order valence-electron chi connectivity index (χ2n) is 7.40. The molecule has 2 rings (SSSR count). The van der Waals surface area contributed by atoms with Crippen molar-refractivity contribution in [2.45, 2.75) is 40.0 Å². The molecule has 2 amide bonds. The summed E-state index contributed by atoms with van der Waals surface area (Å²) in [7, 11) is 0. The molecule has 0 unspecified atom stereocenters. The summed E-state index contributed by atoms with van der Waals surface area (Å²) >= 11 is 0. The number of rotatable bonds is 11. The molecule has 162 valence electrons. The summed E-state index contributed by atoms with van der Waals surface area (Å²) in [6.07, 6.45) is 0.755. The summed E-state index contributed by atoms with van der Waals surface area (Å²) in [5.74, 6) is 0.630. The SMILES string of the molecule is CCOCCCNC(=O)c1cccc(NC(=O)COc2cc(C(C)C)ccc2C)c1. The van der Waals surface area contributed by atoms with Crippen LogP contribution in [0, 0.1) is 6.92 Å². The van der Waals surface area contributed by atoms with Crippen LogP contribution in [-0.4, -0.2) is 38.2 Å². The molecule has 0 aliphatic carbocycles. The fourth-order valence-electron chi connectivity index (χ4n) is 2.83. The normalized spacial score (nSPS) is 10.7. The van der Waals surface area contributed by atoms with Gasteiger partial charge in [-0.25, -0.2) is 0 Å². The topological polar surface area (TPSA) is 76.7 Å². The van der Waals surface area contributed by atoms with Gasteiger partial charge in [0.25, 0.3) is 11.8 Å². The van der Waals surface area contributed by atoms with E-state index < -0.39 is 0 Å². The zero-order valence-electron chi connectivity index (χ0n) is 18.3. The molecule has 0 fully saturated rings. The molecule has 0 aliphatic rings. The second-order valence-corrected chi connectivity index (χ2v) is 7.40. The Labute approximate surface area is 179 Å². The standard InChI is InChI=1S/C24H32N2O4/c1-5-29-13-7-12-25-24(28)20-8-6-9-21(14-20)26-23(27)16-30-22-15-19(17(2)3)11-10-18(22)4/h6,8-11,14-15,17H,5,7,12-13,16H2,1-4H3,(H,25,28)(H,26,27). The Bertz CT molecular complexity index is 849. The first kappa shape index (κ1) is 23.4. The Morgan fingerprint density at radius 1 is 1.10 bits per heavy atom. The number of hydrogen-bond donors (Lipinski definition) is 2. The minimum atomic E-state index is -0.279. The predicted octanol–water partition coefficient (Wildman–Crippen LogP) is 4.29. The van der Waals surface area contributed by atoms with Crippen molar-refractivity contribution >= 4 is 17.5 Å². The Morgan fingerprint density at radius 2 is 1.90 bits per heavy atom. The van der Waals surface area contributed by atoms with Crippen molar-refractivity contribution in [3.05, 3.63) is 59.2 Å². The highest BCUT2D eigenvalue weighted by Gasteiger charge is 2.10. The van der Waals surface area contributed by atoms with E-state index in [4.69, 9.17) is 9.47 Å². The number of amides is 2. The minimum absolute atomic E-state index is 0.101. The van der Waals surface area contributed by atoms with E-state index in [0.717, 1.165) is 17.5 Å². The maximum absolute atomic E-state index is 12.3. The van der Waals surface area contributed by atoms with Gasteiger partial charge < -0.3 is 20.1 Å². The summed E-state index contributed by atoms with van der Waals surface area (Å²) in [5, 5.41) is 5.63. The Balaban J connectivity index is 1.88. The number of nitrogens with one attached hydrogen (secondary N) is 2. The molecule has 0 atom stereocenters. The first-order chi connectivity index (χ1) is 14.4. The van der Waals surface area contributed by atoms with Crippen LogP contribution in [0.5, 0.6) is 5.75 Å². The largest absolute Gasteiger partial charge is 0.483 e. The van der Waals surface area contributed by atoms with Gasteiger partial charge in [-0.15, -0.1) is 0 Å². The molecule has 0 heterocycles. The van der Waals surface area contributed by atoms with Crippen molar-refractivity contribution in [3.8, 4) is 5.75 Å². The number of carbonyl (C=O) groups excluding carboxylic acids is 2. The van der Waals surface area contributed by atoms with Gasteiger partial charge in [0.2, 0.25) is 0 Å². The van der Waals surface area contributed by atoms with Crippen LogP contribution in [0.25, 0.3) is 0 Å². The van der Waals surface area contributed by atoms with Gasteiger partial charge in [0.1, 0.15) is 5.75 Å². The molecule has 0 spiro atoms. The molecule has 0 radical (unpaired) electrons. The van der Waals surface area contributed by atoms with E-state index in [1.54, 1.807) is 24.3 Å². The van der Waals surface area contributed by atoms with E-state index in [1.165, 1.54) is 0 Å². The molecular formula is C24H32N2O4. The quantitative estimate of drug-likeness (QED) is 0.540. The van der Waals surface area contributed by atoms with E-state index in [0.29, 0.717) is 42.7 Å². The Hall–Kier alpha value is -2.86. The third-order valence-corrected chi connectivity index (χ3v) is 4.60. The summed E-state index contributed by atoms with van der Waals surface area (Å²) in [5.41, 5.74) is 3.19. The van der Waals surface area contributed by atoms with E-state index in [2.05, 4.69) is 30.5 Å². The lowest BCUT2D eigenvalue weighted by molar-refractivity contribution is -0.118. The van der Waals surface area contributed by atoms with Crippen LogP contribution >= 0.6 is 0 Å². The van der Waals surface area contributed by atoms with Gasteiger partial charge in [-0.2, -0.15) is 0 Å². The number of carbonyl (C=O) groups is 2. The van der Waals surface area contributed by atoms with Crippen LogP contribution in [0.15, 0.2) is 42.5 Å². The fraction of sp³-hybridized carbons (Fsp3) is 0.417. The number of ether oxygens (including phenoxy) is 2. The first-order valence-electron chi connectivity index (χ1n) is 10.4. The number of benzene rings is 2. The van der Waals surface area contributed by atoms with E-state index >= 15 is 0 Å². The van der Waals surface area contributed by atoms with Gasteiger partial charge in [-0.3, -0.25) is 9.59 Å². The molecule has 6 heteroatoms. The molecule has 0 aliphatic heterocycles. The van der Waals surface area contributed by atoms with Crippen molar-refractivity contribution in [2.75, 3.05) is 31.7 Å². The molecule has 30 heavy (non-hydrogen) atoms. The minimum Gasteiger partial charge on any atom is -0.483 e. The van der Waals surface area contributed by atoms with Crippen molar-refractivity contribution in [1.29, 1.82) is 0 Å². The second kappa shape index (κ2) is 12.0. The summed E-state index contributed by atoms with van der Waals surface area (Å²) < 4.78 is 11.0. The highest BCUT2D eigenvalue weighted by molar-refractivity contribution is 5.97. The Kier molecular flexibility index (Phi) is 9.35. The average Bonchev–Trinajstić information content (AvgIpc) is 2.73. The molecule has 0 saturated carbocycles. The van der Waals surface area contributed by atoms with Crippen LogP contribution in [0.3, 0.4) is 0 Å². The van der Waals surface area contributed by atoms with Crippen molar-refractivity contribution in [2.24, 2.45) is 0 Å². The van der Waals surface area contributed by atoms with Crippen LogP contribution in [0.2, 0.25) is 0 Å². The zero-order chi connectivity index (χ0) is 21.9. The smallest absolute Gasteiger partial charge is 0.262 e. The monoisotopic (exact) mass is 412 g/mol. The van der Waals surface area contributed by atoms with E-state index in [1.807, 2.05) is 26.0 Å². The molecular weight excluding hydrogens is 380 g/mol. The summed E-state index contributed by atoms with van der Waals surface area (Å²) in [4.78, 5) is 24.6. The summed E-state index contributed by atoms with van der Waals surface area (Å²) in [6.45, 7) is 9.84. The zero-order valence-corrected chi connectivity index (χ0v) is 18.3. The van der Waals surface area contributed by atoms with Gasteiger partial charge in [-0.05, 0) is 61.6 Å². The predicted molar refractivity (Wildman–Crippen MR) is 119 cm³/mol. The van der Waals surface area contributed by atoms with E-state index in [-0.39, 0.29) is 18.4 Å². The van der Waals surface area contributed by atoms with Crippen LogP contribution in [0.1, 0.15) is 54.6 Å².